The molecule has 0 fully saturated rings. The first-order valence-corrected chi connectivity index (χ1v) is 10.1. The molecule has 0 radical (unpaired) electrons. The third kappa shape index (κ3) is 5.37. The van der Waals surface area contributed by atoms with Crippen molar-refractivity contribution in [2.45, 2.75) is 26.3 Å². The van der Waals surface area contributed by atoms with Gasteiger partial charge >= 0.3 is 0 Å². The molecule has 0 unspecified atom stereocenters. The molecule has 3 rings (SSSR count). The largest absolute Gasteiger partial charge is 0.508 e. The second kappa shape index (κ2) is 9.91. The van der Waals surface area contributed by atoms with Gasteiger partial charge in [-0.3, -0.25) is 9.98 Å². The Labute approximate surface area is 178 Å². The normalized spacial score (nSPS) is 15.6. The number of aromatic hydroxyl groups is 1. The smallest absolute Gasteiger partial charge is 0.135 e. The second-order valence-corrected chi connectivity index (χ2v) is 7.58. The molecule has 2 heterocycles. The number of hydrogen-bond acceptors (Lipinski definition) is 6. The summed E-state index contributed by atoms with van der Waals surface area (Å²) in [5, 5.41) is 13.0. The highest BCUT2D eigenvalue weighted by atomic mass is 16.3. The zero-order chi connectivity index (χ0) is 21.5. The Kier molecular flexibility index (Phi) is 7.06. The number of nitrogens with one attached hydrogen (secondary N) is 1. The fourth-order valence-electron chi connectivity index (χ4n) is 3.18. The highest BCUT2D eigenvalue weighted by Crippen LogP contribution is 2.18. The van der Waals surface area contributed by atoms with Gasteiger partial charge in [0.2, 0.25) is 0 Å². The molecule has 30 heavy (non-hydrogen) atoms. The second-order valence-electron chi connectivity index (χ2n) is 7.58. The molecule has 2 aromatic rings. The van der Waals surface area contributed by atoms with E-state index in [4.69, 9.17) is 0 Å². The van der Waals surface area contributed by atoms with Gasteiger partial charge in [0.05, 0.1) is 12.9 Å². The van der Waals surface area contributed by atoms with Crippen LogP contribution in [0.25, 0.3) is 0 Å². The Morgan fingerprint density at radius 2 is 2.03 bits per heavy atom. The molecule has 0 saturated heterocycles. The van der Waals surface area contributed by atoms with E-state index < -0.39 is 0 Å². The number of pyridine rings is 1. The molecular weight excluding hydrogens is 376 g/mol. The summed E-state index contributed by atoms with van der Waals surface area (Å²) in [5.41, 5.74) is 3.06. The van der Waals surface area contributed by atoms with E-state index in [2.05, 4.69) is 51.0 Å². The number of hydrogen-bond donors (Lipinski definition) is 2. The van der Waals surface area contributed by atoms with Gasteiger partial charge in [0.25, 0.3) is 0 Å². The van der Waals surface area contributed by atoms with Crippen LogP contribution in [0.15, 0.2) is 70.3 Å². The zero-order valence-corrected chi connectivity index (χ0v) is 18.1. The van der Waals surface area contributed by atoms with Crippen molar-refractivity contribution in [3.8, 4) is 5.75 Å². The van der Waals surface area contributed by atoms with Crippen LogP contribution in [-0.4, -0.2) is 65.3 Å². The van der Waals surface area contributed by atoms with Gasteiger partial charge in [0, 0.05) is 44.6 Å². The summed E-state index contributed by atoms with van der Waals surface area (Å²) >= 11 is 0. The van der Waals surface area contributed by atoms with Crippen molar-refractivity contribution in [1.82, 2.24) is 20.1 Å². The predicted octanol–water partition coefficient (Wildman–Crippen LogP) is 2.85. The summed E-state index contributed by atoms with van der Waals surface area (Å²) in [6, 6.07) is 11.6. The maximum Gasteiger partial charge on any atom is 0.135 e. The van der Waals surface area contributed by atoms with Crippen LogP contribution in [0, 0.1) is 0 Å². The van der Waals surface area contributed by atoms with E-state index in [0.29, 0.717) is 6.04 Å². The lowest BCUT2D eigenvalue weighted by Crippen LogP contribution is -2.37. The van der Waals surface area contributed by atoms with Crippen LogP contribution < -0.4 is 5.32 Å². The summed E-state index contributed by atoms with van der Waals surface area (Å²) in [6.45, 7) is 5.85. The maximum atomic E-state index is 9.50. The van der Waals surface area contributed by atoms with Crippen LogP contribution in [0.2, 0.25) is 0 Å². The van der Waals surface area contributed by atoms with Crippen LogP contribution >= 0.6 is 0 Å². The molecule has 0 spiro atoms. The Balaban J connectivity index is 1.82. The van der Waals surface area contributed by atoms with Gasteiger partial charge in [-0.25, -0.2) is 4.99 Å². The number of likely N-dealkylation sites (N-methyl/N-ethyl adjacent to an activating group) is 1. The van der Waals surface area contributed by atoms with Crippen molar-refractivity contribution >= 4 is 12.2 Å². The van der Waals surface area contributed by atoms with Gasteiger partial charge in [0.1, 0.15) is 23.1 Å². The lowest BCUT2D eigenvalue weighted by atomic mass is 10.1. The van der Waals surface area contributed by atoms with Crippen molar-refractivity contribution < 1.29 is 5.11 Å². The van der Waals surface area contributed by atoms with E-state index in [1.165, 1.54) is 5.56 Å². The standard InChI is InChI=1S/C23H30N6O/c1-17(2)29-15-21(26-16-29)23(27-22(24-3)19-6-5-12-25-14-19)28(4)13-11-18-7-9-20(30)10-8-18/h5-10,12,14,16-17,30H,11,13,15H2,1-4H3,(H,24,27)/b23-21-. The first-order valence-electron chi connectivity index (χ1n) is 10.1. The lowest BCUT2D eigenvalue weighted by molar-refractivity contribution is 0.376. The van der Waals surface area contributed by atoms with Crippen LogP contribution in [0.5, 0.6) is 5.75 Å². The zero-order valence-electron chi connectivity index (χ0n) is 18.1. The van der Waals surface area contributed by atoms with Gasteiger partial charge in [-0.15, -0.1) is 0 Å². The fraction of sp³-hybridized carbons (Fsp3) is 0.348. The molecule has 0 atom stereocenters. The van der Waals surface area contributed by atoms with Gasteiger partial charge in [-0.2, -0.15) is 0 Å². The van der Waals surface area contributed by atoms with Crippen LogP contribution in [0.3, 0.4) is 0 Å². The fourth-order valence-corrected chi connectivity index (χ4v) is 3.18. The molecule has 0 aliphatic carbocycles. The third-order valence-electron chi connectivity index (χ3n) is 5.08. The first kappa shape index (κ1) is 21.4. The quantitative estimate of drug-likeness (QED) is 0.546. The third-order valence-corrected chi connectivity index (χ3v) is 5.08. The summed E-state index contributed by atoms with van der Waals surface area (Å²) in [7, 11) is 3.83. The van der Waals surface area contributed by atoms with E-state index >= 15 is 0 Å². The molecule has 158 valence electrons. The number of phenolic OH excluding ortho intramolecular Hbond substituents is 1. The van der Waals surface area contributed by atoms with Gasteiger partial charge in [-0.05, 0) is 50.1 Å². The number of amidine groups is 1. The molecule has 0 amide bonds. The molecule has 1 aliphatic heterocycles. The Morgan fingerprint density at radius 1 is 1.27 bits per heavy atom. The van der Waals surface area contributed by atoms with E-state index in [1.807, 2.05) is 30.6 Å². The molecule has 1 aromatic carbocycles. The molecule has 1 aliphatic rings. The van der Waals surface area contributed by atoms with Crippen LogP contribution in [0.4, 0.5) is 0 Å². The number of rotatable bonds is 7. The van der Waals surface area contributed by atoms with Crippen LogP contribution in [-0.2, 0) is 6.42 Å². The van der Waals surface area contributed by atoms with E-state index in [1.54, 1.807) is 31.6 Å². The number of nitrogens with zero attached hydrogens (tertiary/aromatic N) is 5. The highest BCUT2D eigenvalue weighted by molar-refractivity contribution is 5.99. The number of phenols is 1. The van der Waals surface area contributed by atoms with Gasteiger partial charge < -0.3 is 20.2 Å². The van der Waals surface area contributed by atoms with Gasteiger partial charge in [0.15, 0.2) is 0 Å². The Bertz CT molecular complexity index is 918. The summed E-state index contributed by atoms with van der Waals surface area (Å²) in [6.07, 6.45) is 6.30. The first-order chi connectivity index (χ1) is 14.5. The van der Waals surface area contributed by atoms with E-state index in [0.717, 1.165) is 42.4 Å². The predicted molar refractivity (Wildman–Crippen MR) is 122 cm³/mol. The van der Waals surface area contributed by atoms with Crippen molar-refractivity contribution in [1.29, 1.82) is 0 Å². The van der Waals surface area contributed by atoms with E-state index in [9.17, 15) is 5.11 Å². The Morgan fingerprint density at radius 3 is 2.63 bits per heavy atom. The number of aliphatic imine (C=N–C) groups is 2. The molecular formula is C23H30N6O. The minimum atomic E-state index is 0.283. The highest BCUT2D eigenvalue weighted by Gasteiger charge is 2.21. The molecule has 7 heteroatoms. The monoisotopic (exact) mass is 406 g/mol. The number of benzene rings is 1. The van der Waals surface area contributed by atoms with Crippen molar-refractivity contribution in [2.24, 2.45) is 9.98 Å². The summed E-state index contributed by atoms with van der Waals surface area (Å²) in [5.74, 6) is 1.96. The molecule has 1 aromatic heterocycles. The average molecular weight is 407 g/mol. The van der Waals surface area contributed by atoms with Gasteiger partial charge in [-0.1, -0.05) is 12.1 Å². The minimum absolute atomic E-state index is 0.283. The summed E-state index contributed by atoms with van der Waals surface area (Å²) in [4.78, 5) is 17.7. The minimum Gasteiger partial charge on any atom is -0.508 e. The van der Waals surface area contributed by atoms with Crippen molar-refractivity contribution in [2.75, 3.05) is 27.2 Å². The topological polar surface area (TPSA) is 76.4 Å². The molecule has 0 bridgehead atoms. The number of aromatic nitrogens is 1. The molecule has 7 nitrogen and oxygen atoms in total. The summed E-state index contributed by atoms with van der Waals surface area (Å²) < 4.78 is 0. The average Bonchev–Trinajstić information content (AvgIpc) is 3.25. The molecule has 0 saturated carbocycles. The Hall–Kier alpha value is -3.35. The SMILES string of the molecule is CN=C(N/C(=C1\CN(C(C)C)C=N1)N(C)CCc1ccc(O)cc1)c1cccnc1. The maximum absolute atomic E-state index is 9.50. The van der Waals surface area contributed by atoms with E-state index in [-0.39, 0.29) is 5.75 Å². The van der Waals surface area contributed by atoms with Crippen molar-refractivity contribution in [3.63, 3.8) is 0 Å². The van der Waals surface area contributed by atoms with Crippen molar-refractivity contribution in [3.05, 3.63) is 71.4 Å². The lowest BCUT2D eigenvalue weighted by Gasteiger charge is -2.26. The molecule has 2 N–H and O–H groups in total. The van der Waals surface area contributed by atoms with Crippen LogP contribution in [0.1, 0.15) is 25.0 Å².